The molecule has 0 aliphatic carbocycles. The summed E-state index contributed by atoms with van der Waals surface area (Å²) in [7, 11) is 0. The van der Waals surface area contributed by atoms with Crippen LogP contribution >= 0.6 is 0 Å². The SMILES string of the molecule is [CH]=Cc1cccc(O)c1. The number of hydrogen-bond donors (Lipinski definition) is 1. The fourth-order valence-electron chi connectivity index (χ4n) is 0.628. The zero-order valence-electron chi connectivity index (χ0n) is 4.91. The first kappa shape index (κ1) is 5.89. The molecule has 0 saturated heterocycles. The van der Waals surface area contributed by atoms with Crippen molar-refractivity contribution >= 4 is 6.08 Å². The molecule has 1 aromatic rings. The second-order valence-corrected chi connectivity index (χ2v) is 1.76. The smallest absolute Gasteiger partial charge is 0.116 e. The third-order valence-corrected chi connectivity index (χ3v) is 1.06. The van der Waals surface area contributed by atoms with Crippen LogP contribution in [0.2, 0.25) is 0 Å². The minimum absolute atomic E-state index is 0.245. The molecule has 0 bridgehead atoms. The Morgan fingerprint density at radius 3 is 2.67 bits per heavy atom. The number of hydrogen-bond acceptors (Lipinski definition) is 1. The first-order valence-electron chi connectivity index (χ1n) is 2.67. The van der Waals surface area contributed by atoms with Gasteiger partial charge in [0.25, 0.3) is 0 Å². The molecule has 1 radical (unpaired) electrons. The molecule has 1 N–H and O–H groups in total. The molecular weight excluding hydrogens is 112 g/mol. The van der Waals surface area contributed by atoms with E-state index in [2.05, 4.69) is 0 Å². The van der Waals surface area contributed by atoms with E-state index in [1.165, 1.54) is 6.08 Å². The first-order valence-corrected chi connectivity index (χ1v) is 2.67. The Balaban J connectivity index is 3.07. The van der Waals surface area contributed by atoms with E-state index < -0.39 is 0 Å². The van der Waals surface area contributed by atoms with Gasteiger partial charge in [0.05, 0.1) is 0 Å². The molecule has 0 aliphatic rings. The predicted octanol–water partition coefficient (Wildman–Crippen LogP) is 1.84. The Morgan fingerprint density at radius 2 is 2.22 bits per heavy atom. The summed E-state index contributed by atoms with van der Waals surface area (Å²) in [6.45, 7) is 5.18. The molecule has 0 aromatic heterocycles. The van der Waals surface area contributed by atoms with Gasteiger partial charge in [0.1, 0.15) is 5.75 Å². The number of phenols is 1. The summed E-state index contributed by atoms with van der Waals surface area (Å²) < 4.78 is 0. The molecule has 0 atom stereocenters. The molecule has 0 unspecified atom stereocenters. The van der Waals surface area contributed by atoms with Gasteiger partial charge in [0, 0.05) is 0 Å². The zero-order chi connectivity index (χ0) is 6.69. The maximum atomic E-state index is 8.87. The Kier molecular flexibility index (Phi) is 1.54. The van der Waals surface area contributed by atoms with Crippen molar-refractivity contribution in [2.75, 3.05) is 0 Å². The lowest BCUT2D eigenvalue weighted by Crippen LogP contribution is -1.67. The highest BCUT2D eigenvalue weighted by Gasteiger charge is 1.85. The molecular formula is C8H7O. The highest BCUT2D eigenvalue weighted by Crippen LogP contribution is 2.10. The quantitative estimate of drug-likeness (QED) is 0.598. The van der Waals surface area contributed by atoms with E-state index in [9.17, 15) is 0 Å². The number of rotatable bonds is 1. The minimum atomic E-state index is 0.245. The third-order valence-electron chi connectivity index (χ3n) is 1.06. The van der Waals surface area contributed by atoms with Crippen LogP contribution in [0.15, 0.2) is 24.3 Å². The maximum absolute atomic E-state index is 8.87. The first-order chi connectivity index (χ1) is 4.33. The second-order valence-electron chi connectivity index (χ2n) is 1.76. The van der Waals surface area contributed by atoms with E-state index in [0.717, 1.165) is 5.56 Å². The summed E-state index contributed by atoms with van der Waals surface area (Å²) in [5.41, 5.74) is 0.829. The van der Waals surface area contributed by atoms with E-state index in [-0.39, 0.29) is 5.75 Å². The lowest BCUT2D eigenvalue weighted by molar-refractivity contribution is 0.475. The lowest BCUT2D eigenvalue weighted by Gasteiger charge is -1.91. The molecule has 0 aliphatic heterocycles. The summed E-state index contributed by atoms with van der Waals surface area (Å²) in [5.74, 6) is 0.245. The van der Waals surface area contributed by atoms with Gasteiger partial charge in [0.15, 0.2) is 0 Å². The van der Waals surface area contributed by atoms with E-state index in [1.54, 1.807) is 18.2 Å². The lowest BCUT2D eigenvalue weighted by atomic mass is 10.2. The summed E-state index contributed by atoms with van der Waals surface area (Å²) in [6, 6.07) is 6.76. The van der Waals surface area contributed by atoms with E-state index in [0.29, 0.717) is 0 Å². The normalized spacial score (nSPS) is 8.89. The average Bonchev–Trinajstić information content (AvgIpc) is 1.88. The molecule has 0 heterocycles. The van der Waals surface area contributed by atoms with E-state index in [4.69, 9.17) is 11.7 Å². The van der Waals surface area contributed by atoms with Gasteiger partial charge in [-0.3, -0.25) is 0 Å². The van der Waals surface area contributed by atoms with Gasteiger partial charge in [-0.05, 0) is 17.7 Å². The predicted molar refractivity (Wildman–Crippen MR) is 36.9 cm³/mol. The molecule has 0 amide bonds. The van der Waals surface area contributed by atoms with Gasteiger partial charge in [-0.15, -0.1) is 0 Å². The van der Waals surface area contributed by atoms with Crippen molar-refractivity contribution in [1.29, 1.82) is 0 Å². The second kappa shape index (κ2) is 2.35. The number of benzene rings is 1. The summed E-state index contributed by atoms with van der Waals surface area (Å²) in [4.78, 5) is 0. The largest absolute Gasteiger partial charge is 0.508 e. The fraction of sp³-hybridized carbons (Fsp3) is 0. The van der Waals surface area contributed by atoms with Crippen LogP contribution in [0.25, 0.3) is 6.08 Å². The van der Waals surface area contributed by atoms with Crippen LogP contribution in [0.3, 0.4) is 0 Å². The van der Waals surface area contributed by atoms with Crippen LogP contribution in [0, 0.1) is 6.58 Å². The highest BCUT2D eigenvalue weighted by molar-refractivity contribution is 5.47. The maximum Gasteiger partial charge on any atom is 0.116 e. The van der Waals surface area contributed by atoms with Gasteiger partial charge >= 0.3 is 0 Å². The van der Waals surface area contributed by atoms with Crippen molar-refractivity contribution in [3.63, 3.8) is 0 Å². The van der Waals surface area contributed by atoms with E-state index in [1.807, 2.05) is 6.07 Å². The molecule has 1 rings (SSSR count). The third kappa shape index (κ3) is 1.32. The van der Waals surface area contributed by atoms with Crippen molar-refractivity contribution in [2.24, 2.45) is 0 Å². The van der Waals surface area contributed by atoms with Crippen LogP contribution < -0.4 is 0 Å². The van der Waals surface area contributed by atoms with Crippen molar-refractivity contribution < 1.29 is 5.11 Å². The zero-order valence-corrected chi connectivity index (χ0v) is 4.91. The molecule has 9 heavy (non-hydrogen) atoms. The number of phenolic OH excluding ortho intramolecular Hbond substituents is 1. The van der Waals surface area contributed by atoms with Crippen molar-refractivity contribution in [3.05, 3.63) is 36.4 Å². The molecule has 0 fully saturated rings. The van der Waals surface area contributed by atoms with Gasteiger partial charge in [-0.2, -0.15) is 0 Å². The van der Waals surface area contributed by atoms with Gasteiger partial charge in [-0.25, -0.2) is 0 Å². The van der Waals surface area contributed by atoms with Crippen LogP contribution in [-0.4, -0.2) is 5.11 Å². The topological polar surface area (TPSA) is 20.2 Å². The number of aromatic hydroxyl groups is 1. The summed E-state index contributed by atoms with van der Waals surface area (Å²) in [6.07, 6.45) is 1.44. The van der Waals surface area contributed by atoms with Gasteiger partial charge in [0.2, 0.25) is 0 Å². The fourth-order valence-corrected chi connectivity index (χ4v) is 0.628. The summed E-state index contributed by atoms with van der Waals surface area (Å²) in [5, 5.41) is 8.87. The van der Waals surface area contributed by atoms with Gasteiger partial charge < -0.3 is 5.11 Å². The standard InChI is InChI=1S/C8H7O/c1-2-7-4-3-5-8(9)6-7/h1-6,9H. The molecule has 1 aromatic carbocycles. The monoisotopic (exact) mass is 119 g/mol. The summed E-state index contributed by atoms with van der Waals surface area (Å²) >= 11 is 0. The Morgan fingerprint density at radius 1 is 1.44 bits per heavy atom. The molecule has 1 heteroatoms. The van der Waals surface area contributed by atoms with Crippen LogP contribution in [-0.2, 0) is 0 Å². The Labute approximate surface area is 54.3 Å². The average molecular weight is 119 g/mol. The highest BCUT2D eigenvalue weighted by atomic mass is 16.3. The molecule has 0 spiro atoms. The van der Waals surface area contributed by atoms with Crippen LogP contribution in [0.1, 0.15) is 5.56 Å². The Bertz CT molecular complexity index is 216. The van der Waals surface area contributed by atoms with Crippen LogP contribution in [0.4, 0.5) is 0 Å². The van der Waals surface area contributed by atoms with E-state index >= 15 is 0 Å². The van der Waals surface area contributed by atoms with Crippen molar-refractivity contribution in [3.8, 4) is 5.75 Å². The van der Waals surface area contributed by atoms with Crippen LogP contribution in [0.5, 0.6) is 5.75 Å². The minimum Gasteiger partial charge on any atom is -0.508 e. The Hall–Kier alpha value is -1.24. The molecule has 1 nitrogen and oxygen atoms in total. The molecule has 45 valence electrons. The van der Waals surface area contributed by atoms with Crippen molar-refractivity contribution in [2.45, 2.75) is 0 Å². The molecule has 0 saturated carbocycles. The van der Waals surface area contributed by atoms with Gasteiger partial charge in [-0.1, -0.05) is 24.8 Å². The van der Waals surface area contributed by atoms with Crippen molar-refractivity contribution in [1.82, 2.24) is 0 Å².